The summed E-state index contributed by atoms with van der Waals surface area (Å²) in [4.78, 5) is 4.42. The van der Waals surface area contributed by atoms with Crippen LogP contribution in [0, 0.1) is 5.41 Å². The number of hydrogen-bond donors (Lipinski definition) is 1. The van der Waals surface area contributed by atoms with Gasteiger partial charge < -0.3 is 5.32 Å². The molecular weight excluding hydrogens is 206 g/mol. The zero-order valence-corrected chi connectivity index (χ0v) is 10.9. The number of aryl methyl sites for hydroxylation is 1. The van der Waals surface area contributed by atoms with E-state index in [1.54, 1.807) is 0 Å². The summed E-state index contributed by atoms with van der Waals surface area (Å²) >= 11 is 1.47. The molecule has 0 saturated carbocycles. The number of nitrogens with one attached hydrogen (secondary N) is 1. The van der Waals surface area contributed by atoms with E-state index >= 15 is 0 Å². The average Bonchev–Trinajstić information content (AvgIpc) is 2.51. The normalized spacial score (nSPS) is 11.7. The van der Waals surface area contributed by atoms with Gasteiger partial charge in [-0.05, 0) is 18.3 Å². The lowest BCUT2D eigenvalue weighted by Gasteiger charge is -2.17. The Labute approximate surface area is 96.5 Å². The van der Waals surface area contributed by atoms with E-state index in [2.05, 4.69) is 42.4 Å². The maximum Gasteiger partial charge on any atom is 0.202 e. The largest absolute Gasteiger partial charge is 0.360 e. The highest BCUT2D eigenvalue weighted by Gasteiger charge is 2.10. The van der Waals surface area contributed by atoms with Gasteiger partial charge in [-0.3, -0.25) is 0 Å². The fourth-order valence-electron chi connectivity index (χ4n) is 1.20. The Bertz CT molecular complexity index is 288. The summed E-state index contributed by atoms with van der Waals surface area (Å²) in [5.41, 5.74) is 0.379. The van der Waals surface area contributed by atoms with Crippen LogP contribution in [0.2, 0.25) is 0 Å². The van der Waals surface area contributed by atoms with Crippen molar-refractivity contribution < 1.29 is 0 Å². The van der Waals surface area contributed by atoms with Crippen LogP contribution in [0.15, 0.2) is 0 Å². The zero-order chi connectivity index (χ0) is 11.3. The van der Waals surface area contributed by atoms with Crippen molar-refractivity contribution in [2.75, 3.05) is 11.9 Å². The highest BCUT2D eigenvalue weighted by atomic mass is 32.1. The summed E-state index contributed by atoms with van der Waals surface area (Å²) < 4.78 is 4.29. The lowest BCUT2D eigenvalue weighted by atomic mass is 9.92. The van der Waals surface area contributed by atoms with E-state index < -0.39 is 0 Å². The van der Waals surface area contributed by atoms with E-state index in [9.17, 15) is 0 Å². The Morgan fingerprint density at radius 2 is 2.07 bits per heavy atom. The van der Waals surface area contributed by atoms with Crippen molar-refractivity contribution in [1.82, 2.24) is 9.36 Å². The molecule has 0 atom stereocenters. The summed E-state index contributed by atoms with van der Waals surface area (Å²) in [6, 6.07) is 0. The molecule has 0 bridgehead atoms. The smallest absolute Gasteiger partial charge is 0.202 e. The topological polar surface area (TPSA) is 37.8 Å². The van der Waals surface area contributed by atoms with Crippen LogP contribution < -0.4 is 5.32 Å². The third-order valence-corrected chi connectivity index (χ3v) is 2.80. The summed E-state index contributed by atoms with van der Waals surface area (Å²) in [5.74, 6) is 0.973. The van der Waals surface area contributed by atoms with Gasteiger partial charge in [-0.2, -0.15) is 4.37 Å². The second-order valence-electron chi connectivity index (χ2n) is 5.00. The molecule has 0 amide bonds. The SMILES string of the molecule is CCCc1nsc(NCCC(C)(C)C)n1. The Morgan fingerprint density at radius 3 is 2.67 bits per heavy atom. The molecule has 1 N–H and O–H groups in total. The lowest BCUT2D eigenvalue weighted by Crippen LogP contribution is -2.12. The first-order chi connectivity index (χ1) is 7.01. The van der Waals surface area contributed by atoms with E-state index in [1.165, 1.54) is 11.5 Å². The zero-order valence-electron chi connectivity index (χ0n) is 10.1. The monoisotopic (exact) mass is 227 g/mol. The molecule has 0 unspecified atom stereocenters. The van der Waals surface area contributed by atoms with Gasteiger partial charge in [0.15, 0.2) is 0 Å². The molecular formula is C11H21N3S. The van der Waals surface area contributed by atoms with Gasteiger partial charge in [0.25, 0.3) is 0 Å². The maximum absolute atomic E-state index is 4.42. The molecule has 0 fully saturated rings. The molecule has 0 aromatic carbocycles. The standard InChI is InChI=1S/C11H21N3S/c1-5-6-9-13-10(15-14-9)12-8-7-11(2,3)4/h5-8H2,1-4H3,(H,12,13,14). The van der Waals surface area contributed by atoms with Crippen molar-refractivity contribution in [1.29, 1.82) is 0 Å². The summed E-state index contributed by atoms with van der Waals surface area (Å²) in [6.45, 7) is 9.86. The van der Waals surface area contributed by atoms with Gasteiger partial charge in [-0.25, -0.2) is 4.98 Å². The minimum Gasteiger partial charge on any atom is -0.360 e. The predicted molar refractivity (Wildman–Crippen MR) is 66.5 cm³/mol. The Balaban J connectivity index is 2.31. The molecule has 3 nitrogen and oxygen atoms in total. The fourth-order valence-corrected chi connectivity index (χ4v) is 1.83. The van der Waals surface area contributed by atoms with Gasteiger partial charge in [0.05, 0.1) is 0 Å². The summed E-state index contributed by atoms with van der Waals surface area (Å²) in [6.07, 6.45) is 3.24. The molecule has 0 aliphatic rings. The van der Waals surface area contributed by atoms with Gasteiger partial charge in [0.2, 0.25) is 5.13 Å². The first-order valence-corrected chi connectivity index (χ1v) is 6.35. The molecule has 0 spiro atoms. The number of hydrogen-bond acceptors (Lipinski definition) is 4. The van der Waals surface area contributed by atoms with Gasteiger partial charge in [-0.15, -0.1) is 0 Å². The Morgan fingerprint density at radius 1 is 1.33 bits per heavy atom. The van der Waals surface area contributed by atoms with Gasteiger partial charge in [0.1, 0.15) is 5.82 Å². The molecule has 1 aromatic rings. The second-order valence-corrected chi connectivity index (χ2v) is 5.76. The van der Waals surface area contributed by atoms with Gasteiger partial charge in [-0.1, -0.05) is 27.7 Å². The maximum atomic E-state index is 4.42. The van der Waals surface area contributed by atoms with Crippen LogP contribution in [-0.2, 0) is 6.42 Å². The van der Waals surface area contributed by atoms with Crippen LogP contribution in [0.5, 0.6) is 0 Å². The van der Waals surface area contributed by atoms with Crippen molar-refractivity contribution in [2.24, 2.45) is 5.41 Å². The molecule has 0 saturated heterocycles. The lowest BCUT2D eigenvalue weighted by molar-refractivity contribution is 0.390. The van der Waals surface area contributed by atoms with Crippen LogP contribution in [-0.4, -0.2) is 15.9 Å². The predicted octanol–water partition coefficient (Wildman–Crippen LogP) is 3.34. The highest BCUT2D eigenvalue weighted by molar-refractivity contribution is 7.09. The van der Waals surface area contributed by atoms with Gasteiger partial charge in [0, 0.05) is 24.5 Å². The van der Waals surface area contributed by atoms with Crippen molar-refractivity contribution in [3.05, 3.63) is 5.82 Å². The van der Waals surface area contributed by atoms with E-state index in [4.69, 9.17) is 0 Å². The van der Waals surface area contributed by atoms with E-state index in [1.807, 2.05) is 0 Å². The first kappa shape index (κ1) is 12.4. The summed E-state index contributed by atoms with van der Waals surface area (Å²) in [7, 11) is 0. The average molecular weight is 227 g/mol. The third-order valence-electron chi connectivity index (χ3n) is 2.09. The molecule has 0 aliphatic carbocycles. The Hall–Kier alpha value is -0.640. The van der Waals surface area contributed by atoms with Crippen LogP contribution in [0.4, 0.5) is 5.13 Å². The highest BCUT2D eigenvalue weighted by Crippen LogP contribution is 2.19. The van der Waals surface area contributed by atoms with E-state index in [0.29, 0.717) is 5.41 Å². The van der Waals surface area contributed by atoms with Crippen LogP contribution in [0.25, 0.3) is 0 Å². The second kappa shape index (κ2) is 5.45. The molecule has 1 rings (SSSR count). The van der Waals surface area contributed by atoms with Crippen molar-refractivity contribution in [3.63, 3.8) is 0 Å². The van der Waals surface area contributed by atoms with Gasteiger partial charge >= 0.3 is 0 Å². The molecule has 86 valence electrons. The molecule has 0 aliphatic heterocycles. The molecule has 15 heavy (non-hydrogen) atoms. The van der Waals surface area contributed by atoms with E-state index in [0.717, 1.165) is 36.8 Å². The van der Waals surface area contributed by atoms with Crippen molar-refractivity contribution in [2.45, 2.75) is 47.0 Å². The molecule has 1 aromatic heterocycles. The summed E-state index contributed by atoms with van der Waals surface area (Å²) in [5, 5.41) is 4.29. The number of aromatic nitrogens is 2. The molecule has 0 radical (unpaired) electrons. The number of nitrogens with zero attached hydrogens (tertiary/aromatic N) is 2. The minimum atomic E-state index is 0.379. The van der Waals surface area contributed by atoms with Crippen LogP contribution in [0.3, 0.4) is 0 Å². The van der Waals surface area contributed by atoms with Crippen LogP contribution >= 0.6 is 11.5 Å². The first-order valence-electron chi connectivity index (χ1n) is 5.58. The van der Waals surface area contributed by atoms with Crippen molar-refractivity contribution in [3.8, 4) is 0 Å². The number of rotatable bonds is 5. The minimum absolute atomic E-state index is 0.379. The van der Waals surface area contributed by atoms with E-state index in [-0.39, 0.29) is 0 Å². The quantitative estimate of drug-likeness (QED) is 0.838. The number of anilines is 1. The third kappa shape index (κ3) is 5.11. The molecule has 4 heteroatoms. The molecule has 1 heterocycles. The fraction of sp³-hybridized carbons (Fsp3) is 0.818. The van der Waals surface area contributed by atoms with Crippen molar-refractivity contribution >= 4 is 16.7 Å². The Kier molecular flexibility index (Phi) is 4.51. The van der Waals surface area contributed by atoms with Crippen LogP contribution in [0.1, 0.15) is 46.4 Å².